The van der Waals surface area contributed by atoms with Gasteiger partial charge in [-0.2, -0.15) is 0 Å². The number of hydrogen-bond acceptors (Lipinski definition) is 4. The lowest BCUT2D eigenvalue weighted by molar-refractivity contribution is -0.384. The summed E-state index contributed by atoms with van der Waals surface area (Å²) in [5.41, 5.74) is 0.0504. The lowest BCUT2D eigenvalue weighted by Crippen LogP contribution is -2.03. The fourth-order valence-corrected chi connectivity index (χ4v) is 1.13. The van der Waals surface area contributed by atoms with Gasteiger partial charge in [0, 0.05) is 13.1 Å². The highest BCUT2D eigenvalue weighted by molar-refractivity contribution is 5.55. The molecule has 0 unspecified atom stereocenters. The van der Waals surface area contributed by atoms with E-state index in [2.05, 4.69) is 10.4 Å². The van der Waals surface area contributed by atoms with Crippen LogP contribution in [0, 0.1) is 10.1 Å². The van der Waals surface area contributed by atoms with Gasteiger partial charge >= 0.3 is 5.69 Å². The molecule has 0 spiro atoms. The first kappa shape index (κ1) is 8.03. The van der Waals surface area contributed by atoms with Crippen molar-refractivity contribution >= 4 is 11.5 Å². The number of aromatic nitrogens is 2. The summed E-state index contributed by atoms with van der Waals surface area (Å²) in [5, 5.41) is 17.5. The summed E-state index contributed by atoms with van der Waals surface area (Å²) in [6.07, 6.45) is 3.56. The third-order valence-electron chi connectivity index (χ3n) is 1.92. The van der Waals surface area contributed by atoms with E-state index < -0.39 is 4.92 Å². The standard InChI is InChI=1S/C7H10N4O2/c1-10-4-6(11(12)13)7(9-10)8-5-2-3-5/h4-5H,2-3H2,1H3,(H,8,9). The van der Waals surface area contributed by atoms with E-state index >= 15 is 0 Å². The summed E-state index contributed by atoms with van der Waals surface area (Å²) in [6.45, 7) is 0. The minimum atomic E-state index is -0.419. The second-order valence-corrected chi connectivity index (χ2v) is 3.21. The average molecular weight is 182 g/mol. The predicted octanol–water partition coefficient (Wildman–Crippen LogP) is 0.903. The maximum Gasteiger partial charge on any atom is 0.330 e. The Labute approximate surface area is 74.7 Å². The van der Waals surface area contributed by atoms with Gasteiger partial charge in [-0.25, -0.2) is 0 Å². The number of anilines is 1. The van der Waals surface area contributed by atoms with Gasteiger partial charge < -0.3 is 5.32 Å². The number of nitro groups is 1. The number of nitrogens with one attached hydrogen (secondary N) is 1. The van der Waals surface area contributed by atoms with Crippen molar-refractivity contribution in [2.75, 3.05) is 5.32 Å². The first-order valence-corrected chi connectivity index (χ1v) is 4.11. The predicted molar refractivity (Wildman–Crippen MR) is 46.5 cm³/mol. The molecule has 0 bridgehead atoms. The van der Waals surface area contributed by atoms with Gasteiger partial charge in [-0.15, -0.1) is 5.10 Å². The molecule has 1 N–H and O–H groups in total. The molecule has 0 atom stereocenters. The first-order chi connectivity index (χ1) is 6.16. The Hall–Kier alpha value is -1.59. The van der Waals surface area contributed by atoms with Crippen LogP contribution in [0.5, 0.6) is 0 Å². The molecule has 1 aliphatic rings. The Kier molecular flexibility index (Phi) is 1.68. The Morgan fingerprint density at radius 3 is 3.00 bits per heavy atom. The molecule has 0 radical (unpaired) electrons. The quantitative estimate of drug-likeness (QED) is 0.556. The Morgan fingerprint density at radius 2 is 2.46 bits per heavy atom. The van der Waals surface area contributed by atoms with Crippen molar-refractivity contribution < 1.29 is 4.92 Å². The topological polar surface area (TPSA) is 73.0 Å². The third-order valence-corrected chi connectivity index (χ3v) is 1.92. The van der Waals surface area contributed by atoms with Gasteiger partial charge in [0.1, 0.15) is 6.20 Å². The van der Waals surface area contributed by atoms with Crippen molar-refractivity contribution in [2.45, 2.75) is 18.9 Å². The lowest BCUT2D eigenvalue weighted by atomic mass is 10.5. The van der Waals surface area contributed by atoms with Crippen molar-refractivity contribution in [3.63, 3.8) is 0 Å². The van der Waals surface area contributed by atoms with E-state index in [4.69, 9.17) is 0 Å². The van der Waals surface area contributed by atoms with Gasteiger partial charge in [-0.1, -0.05) is 0 Å². The first-order valence-electron chi connectivity index (χ1n) is 4.11. The number of aryl methyl sites for hydroxylation is 1. The van der Waals surface area contributed by atoms with Crippen molar-refractivity contribution in [2.24, 2.45) is 7.05 Å². The van der Waals surface area contributed by atoms with Gasteiger partial charge in [0.05, 0.1) is 4.92 Å². The molecule has 2 rings (SSSR count). The molecule has 70 valence electrons. The van der Waals surface area contributed by atoms with Gasteiger partial charge in [-0.05, 0) is 12.8 Å². The molecular formula is C7H10N4O2. The van der Waals surface area contributed by atoms with Gasteiger partial charge in [-0.3, -0.25) is 14.8 Å². The second-order valence-electron chi connectivity index (χ2n) is 3.21. The summed E-state index contributed by atoms with van der Waals surface area (Å²) < 4.78 is 1.45. The highest BCUT2D eigenvalue weighted by atomic mass is 16.6. The Bertz CT molecular complexity index is 342. The monoisotopic (exact) mass is 182 g/mol. The largest absolute Gasteiger partial charge is 0.360 e. The van der Waals surface area contributed by atoms with Crippen molar-refractivity contribution in [3.05, 3.63) is 16.3 Å². The van der Waals surface area contributed by atoms with E-state index in [1.165, 1.54) is 10.9 Å². The van der Waals surface area contributed by atoms with Crippen LogP contribution < -0.4 is 5.32 Å². The minimum Gasteiger partial charge on any atom is -0.360 e. The highest BCUT2D eigenvalue weighted by Crippen LogP contribution is 2.28. The number of hydrogen-bond donors (Lipinski definition) is 1. The molecule has 0 amide bonds. The maximum absolute atomic E-state index is 10.5. The third kappa shape index (κ3) is 1.61. The summed E-state index contributed by atoms with van der Waals surface area (Å²) in [6, 6.07) is 0.383. The van der Waals surface area contributed by atoms with Gasteiger partial charge in [0.15, 0.2) is 0 Å². The fourth-order valence-electron chi connectivity index (χ4n) is 1.13. The van der Waals surface area contributed by atoms with E-state index in [-0.39, 0.29) is 5.69 Å². The lowest BCUT2D eigenvalue weighted by Gasteiger charge is -1.96. The molecular weight excluding hydrogens is 172 g/mol. The summed E-state index contributed by atoms with van der Waals surface area (Å²) in [7, 11) is 1.67. The highest BCUT2D eigenvalue weighted by Gasteiger charge is 2.26. The zero-order valence-corrected chi connectivity index (χ0v) is 7.23. The Balaban J connectivity index is 2.24. The zero-order chi connectivity index (χ0) is 9.42. The van der Waals surface area contributed by atoms with Gasteiger partial charge in [0.25, 0.3) is 0 Å². The van der Waals surface area contributed by atoms with Crippen molar-refractivity contribution in [3.8, 4) is 0 Å². The van der Waals surface area contributed by atoms with E-state index in [0.29, 0.717) is 11.9 Å². The SMILES string of the molecule is Cn1cc([N+](=O)[O-])c(NC2CC2)n1. The van der Waals surface area contributed by atoms with Crippen LogP contribution in [0.25, 0.3) is 0 Å². The van der Waals surface area contributed by atoms with Crippen LogP contribution in [-0.2, 0) is 7.05 Å². The average Bonchev–Trinajstić information content (AvgIpc) is 2.75. The molecule has 6 heteroatoms. The fraction of sp³-hybridized carbons (Fsp3) is 0.571. The number of rotatable bonds is 3. The number of nitrogens with zero attached hydrogens (tertiary/aromatic N) is 3. The molecule has 1 aliphatic carbocycles. The van der Waals surface area contributed by atoms with Crippen molar-refractivity contribution in [1.82, 2.24) is 9.78 Å². The van der Waals surface area contributed by atoms with E-state index in [1.54, 1.807) is 7.05 Å². The van der Waals surface area contributed by atoms with E-state index in [1.807, 2.05) is 0 Å². The van der Waals surface area contributed by atoms with E-state index in [0.717, 1.165) is 12.8 Å². The second kappa shape index (κ2) is 2.72. The summed E-state index contributed by atoms with van der Waals surface area (Å²) in [4.78, 5) is 10.1. The molecule has 1 aromatic heterocycles. The summed E-state index contributed by atoms with van der Waals surface area (Å²) in [5.74, 6) is 0.384. The maximum atomic E-state index is 10.5. The normalized spacial score (nSPS) is 15.8. The van der Waals surface area contributed by atoms with Crippen LogP contribution >= 0.6 is 0 Å². The molecule has 13 heavy (non-hydrogen) atoms. The van der Waals surface area contributed by atoms with Gasteiger partial charge in [0.2, 0.25) is 5.82 Å². The van der Waals surface area contributed by atoms with E-state index in [9.17, 15) is 10.1 Å². The molecule has 1 heterocycles. The smallest absolute Gasteiger partial charge is 0.330 e. The van der Waals surface area contributed by atoms with Crippen LogP contribution in [0.2, 0.25) is 0 Å². The molecule has 0 aromatic carbocycles. The van der Waals surface area contributed by atoms with Crippen LogP contribution in [0.4, 0.5) is 11.5 Å². The van der Waals surface area contributed by atoms with Crippen LogP contribution in [0.15, 0.2) is 6.20 Å². The molecule has 0 saturated heterocycles. The molecule has 1 saturated carbocycles. The molecule has 0 aliphatic heterocycles. The zero-order valence-electron chi connectivity index (χ0n) is 7.23. The molecule has 1 fully saturated rings. The molecule has 6 nitrogen and oxygen atoms in total. The minimum absolute atomic E-state index is 0.0504. The van der Waals surface area contributed by atoms with Crippen LogP contribution in [0.1, 0.15) is 12.8 Å². The summed E-state index contributed by atoms with van der Waals surface area (Å²) >= 11 is 0. The molecule has 1 aromatic rings. The van der Waals surface area contributed by atoms with Crippen molar-refractivity contribution in [1.29, 1.82) is 0 Å². The van der Waals surface area contributed by atoms with Crippen LogP contribution in [-0.4, -0.2) is 20.7 Å². The van der Waals surface area contributed by atoms with Crippen LogP contribution in [0.3, 0.4) is 0 Å². The Morgan fingerprint density at radius 1 is 1.77 bits per heavy atom.